The highest BCUT2D eigenvalue weighted by Crippen LogP contribution is 2.38. The van der Waals surface area contributed by atoms with Crippen molar-refractivity contribution in [3.8, 4) is 11.8 Å². The molecule has 1 fully saturated rings. The Labute approximate surface area is 118 Å². The van der Waals surface area contributed by atoms with Crippen molar-refractivity contribution in [3.63, 3.8) is 0 Å². The Hall–Kier alpha value is -2.25. The number of nitriles is 1. The van der Waals surface area contributed by atoms with Crippen molar-refractivity contribution in [1.82, 2.24) is 0 Å². The van der Waals surface area contributed by atoms with E-state index in [1.54, 1.807) is 18.2 Å². The Morgan fingerprint density at radius 2 is 2.20 bits per heavy atom. The summed E-state index contributed by atoms with van der Waals surface area (Å²) in [7, 11) is 0. The van der Waals surface area contributed by atoms with Gasteiger partial charge in [0, 0.05) is 0 Å². The van der Waals surface area contributed by atoms with Gasteiger partial charge in [-0.1, -0.05) is 6.07 Å². The van der Waals surface area contributed by atoms with Crippen LogP contribution in [0.3, 0.4) is 0 Å². The van der Waals surface area contributed by atoms with Crippen LogP contribution in [-0.4, -0.2) is 16.3 Å². The van der Waals surface area contributed by atoms with E-state index in [-0.39, 0.29) is 11.3 Å². The van der Waals surface area contributed by atoms with E-state index in [4.69, 9.17) is 11.0 Å². The van der Waals surface area contributed by atoms with Gasteiger partial charge >= 0.3 is 0 Å². The van der Waals surface area contributed by atoms with Crippen LogP contribution in [0.5, 0.6) is 5.75 Å². The second-order valence-electron chi connectivity index (χ2n) is 5.07. The monoisotopic (exact) mass is 270 g/mol. The highest BCUT2D eigenvalue weighted by atomic mass is 16.3. The number of rotatable bonds is 4. The average Bonchev–Trinajstić information content (AvgIpc) is 3.27. The SMILES string of the molecule is C/C(=C(\C=C/N)C(O)C1CC1)c1ccc(C#N)c(O)c1. The zero-order valence-corrected chi connectivity index (χ0v) is 11.4. The Kier molecular flexibility index (Phi) is 4.11. The highest BCUT2D eigenvalue weighted by molar-refractivity contribution is 5.72. The molecule has 1 unspecified atom stereocenters. The van der Waals surface area contributed by atoms with Crippen molar-refractivity contribution < 1.29 is 10.2 Å². The molecule has 104 valence electrons. The maximum atomic E-state index is 10.3. The molecule has 1 aromatic carbocycles. The van der Waals surface area contributed by atoms with Crippen LogP contribution in [0.1, 0.15) is 30.9 Å². The van der Waals surface area contributed by atoms with Crippen molar-refractivity contribution in [1.29, 1.82) is 5.26 Å². The van der Waals surface area contributed by atoms with Crippen molar-refractivity contribution in [2.45, 2.75) is 25.9 Å². The fraction of sp³-hybridized carbons (Fsp3) is 0.312. The third kappa shape index (κ3) is 2.84. The first-order valence-electron chi connectivity index (χ1n) is 6.59. The van der Waals surface area contributed by atoms with Crippen molar-refractivity contribution >= 4 is 5.57 Å². The molecule has 4 nitrogen and oxygen atoms in total. The molecule has 1 atom stereocenters. The van der Waals surface area contributed by atoms with E-state index >= 15 is 0 Å². The van der Waals surface area contributed by atoms with Crippen LogP contribution >= 0.6 is 0 Å². The molecule has 4 N–H and O–H groups in total. The quantitative estimate of drug-likeness (QED) is 0.732. The lowest BCUT2D eigenvalue weighted by Crippen LogP contribution is -2.13. The third-order valence-electron chi connectivity index (χ3n) is 3.65. The lowest BCUT2D eigenvalue weighted by molar-refractivity contribution is 0.191. The lowest BCUT2D eigenvalue weighted by atomic mass is 9.94. The van der Waals surface area contributed by atoms with E-state index in [0.29, 0.717) is 5.92 Å². The van der Waals surface area contributed by atoms with Crippen LogP contribution in [0.2, 0.25) is 0 Å². The molecular formula is C16H18N2O2. The van der Waals surface area contributed by atoms with Gasteiger partial charge in [0.25, 0.3) is 0 Å². The Morgan fingerprint density at radius 3 is 2.70 bits per heavy atom. The molecule has 0 heterocycles. The summed E-state index contributed by atoms with van der Waals surface area (Å²) in [5, 5.41) is 28.9. The third-order valence-corrected chi connectivity index (χ3v) is 3.65. The number of hydrogen-bond acceptors (Lipinski definition) is 4. The maximum Gasteiger partial charge on any atom is 0.133 e. The van der Waals surface area contributed by atoms with Gasteiger partial charge in [0.1, 0.15) is 11.8 Å². The molecule has 1 aliphatic carbocycles. The van der Waals surface area contributed by atoms with Gasteiger partial charge in [0.15, 0.2) is 0 Å². The first-order chi connectivity index (χ1) is 9.58. The normalized spacial score (nSPS) is 17.6. The predicted octanol–water partition coefficient (Wildman–Crippen LogP) is 2.28. The average molecular weight is 270 g/mol. The number of aliphatic hydroxyl groups is 1. The topological polar surface area (TPSA) is 90.3 Å². The summed E-state index contributed by atoms with van der Waals surface area (Å²) in [5.74, 6) is 0.240. The van der Waals surface area contributed by atoms with Crippen LogP contribution in [0.25, 0.3) is 5.57 Å². The van der Waals surface area contributed by atoms with E-state index in [1.807, 2.05) is 13.0 Å². The Bertz CT molecular complexity index is 607. The number of allylic oxidation sites excluding steroid dienone is 1. The van der Waals surface area contributed by atoms with Crippen LogP contribution in [-0.2, 0) is 0 Å². The largest absolute Gasteiger partial charge is 0.507 e. The zero-order valence-electron chi connectivity index (χ0n) is 11.4. The molecule has 1 aliphatic rings. The fourth-order valence-electron chi connectivity index (χ4n) is 2.24. The molecule has 0 radical (unpaired) electrons. The Balaban J connectivity index is 2.43. The number of nitrogens with two attached hydrogens (primary N) is 1. The number of nitrogens with zero attached hydrogens (tertiary/aromatic N) is 1. The number of phenols is 1. The molecule has 2 rings (SSSR count). The summed E-state index contributed by atoms with van der Waals surface area (Å²) in [4.78, 5) is 0. The molecule has 4 heteroatoms. The van der Waals surface area contributed by atoms with Crippen LogP contribution in [0, 0.1) is 17.2 Å². The number of benzene rings is 1. The van der Waals surface area contributed by atoms with Gasteiger partial charge in [-0.3, -0.25) is 0 Å². The van der Waals surface area contributed by atoms with Gasteiger partial charge < -0.3 is 15.9 Å². The van der Waals surface area contributed by atoms with Gasteiger partial charge in [0.2, 0.25) is 0 Å². The number of aromatic hydroxyl groups is 1. The van der Waals surface area contributed by atoms with E-state index in [0.717, 1.165) is 29.6 Å². The molecule has 1 saturated carbocycles. The minimum Gasteiger partial charge on any atom is -0.507 e. The van der Waals surface area contributed by atoms with E-state index in [2.05, 4.69) is 0 Å². The van der Waals surface area contributed by atoms with Gasteiger partial charge in [-0.25, -0.2) is 0 Å². The number of phenolic OH excluding ortho intramolecular Hbond substituents is 1. The molecule has 20 heavy (non-hydrogen) atoms. The zero-order chi connectivity index (χ0) is 14.7. The van der Waals surface area contributed by atoms with E-state index < -0.39 is 6.10 Å². The van der Waals surface area contributed by atoms with Gasteiger partial charge in [-0.05, 0) is 66.8 Å². The highest BCUT2D eigenvalue weighted by Gasteiger charge is 2.32. The van der Waals surface area contributed by atoms with Crippen molar-refractivity contribution in [2.75, 3.05) is 0 Å². The summed E-state index contributed by atoms with van der Waals surface area (Å²) in [5.41, 5.74) is 8.09. The molecule has 0 amide bonds. The fourth-order valence-corrected chi connectivity index (χ4v) is 2.24. The second kappa shape index (κ2) is 5.81. The molecule has 0 saturated heterocycles. The smallest absolute Gasteiger partial charge is 0.133 e. The van der Waals surface area contributed by atoms with E-state index in [9.17, 15) is 10.2 Å². The van der Waals surface area contributed by atoms with Crippen molar-refractivity contribution in [3.05, 3.63) is 47.2 Å². The van der Waals surface area contributed by atoms with Gasteiger partial charge in [-0.15, -0.1) is 0 Å². The minimum absolute atomic E-state index is 0.0543. The Morgan fingerprint density at radius 1 is 1.50 bits per heavy atom. The number of hydrogen-bond donors (Lipinski definition) is 3. The summed E-state index contributed by atoms with van der Waals surface area (Å²) in [6, 6.07) is 6.79. The summed E-state index contributed by atoms with van der Waals surface area (Å²) in [6.45, 7) is 1.88. The molecule has 0 spiro atoms. The molecular weight excluding hydrogens is 252 g/mol. The van der Waals surface area contributed by atoms with Gasteiger partial charge in [-0.2, -0.15) is 5.26 Å². The first kappa shape index (κ1) is 14.2. The van der Waals surface area contributed by atoms with Crippen LogP contribution in [0.4, 0.5) is 0 Å². The van der Waals surface area contributed by atoms with E-state index in [1.165, 1.54) is 12.3 Å². The van der Waals surface area contributed by atoms with Crippen LogP contribution in [0.15, 0.2) is 36.0 Å². The maximum absolute atomic E-state index is 10.3. The summed E-state index contributed by atoms with van der Waals surface area (Å²) < 4.78 is 0. The standard InChI is InChI=1S/C16H18N2O2/c1-10(12-4-5-13(9-18)15(19)8-12)14(6-7-17)16(20)11-2-3-11/h4-8,11,16,19-20H,2-3,17H2,1H3/b7-6-,14-10-. The molecule has 1 aromatic rings. The van der Waals surface area contributed by atoms with Crippen LogP contribution < -0.4 is 5.73 Å². The summed E-state index contributed by atoms with van der Waals surface area (Å²) >= 11 is 0. The molecule has 0 aliphatic heterocycles. The molecule has 0 aromatic heterocycles. The predicted molar refractivity (Wildman–Crippen MR) is 77.5 cm³/mol. The molecule has 0 bridgehead atoms. The lowest BCUT2D eigenvalue weighted by Gasteiger charge is -2.15. The number of aliphatic hydroxyl groups excluding tert-OH is 1. The van der Waals surface area contributed by atoms with Crippen molar-refractivity contribution in [2.24, 2.45) is 11.7 Å². The summed E-state index contributed by atoms with van der Waals surface area (Å²) in [6.07, 6.45) is 4.62. The first-order valence-corrected chi connectivity index (χ1v) is 6.59. The second-order valence-corrected chi connectivity index (χ2v) is 5.07. The van der Waals surface area contributed by atoms with Gasteiger partial charge in [0.05, 0.1) is 11.7 Å². The minimum atomic E-state index is -0.535.